The Morgan fingerprint density at radius 1 is 1.03 bits per heavy atom. The molecule has 0 bridgehead atoms. The topological polar surface area (TPSA) is 98.8 Å². The van der Waals surface area contributed by atoms with E-state index in [2.05, 4.69) is 46.5 Å². The zero-order valence-electron chi connectivity index (χ0n) is 20.9. The van der Waals surface area contributed by atoms with Crippen molar-refractivity contribution in [3.05, 3.63) is 76.9 Å². The number of anilines is 4. The number of amides is 1. The van der Waals surface area contributed by atoms with E-state index in [0.29, 0.717) is 33.1 Å². The Labute approximate surface area is 225 Å². The van der Waals surface area contributed by atoms with Gasteiger partial charge in [0.05, 0.1) is 10.6 Å². The van der Waals surface area contributed by atoms with Gasteiger partial charge in [-0.3, -0.25) is 9.89 Å². The Bertz CT molecular complexity index is 1410. The Kier molecular flexibility index (Phi) is 7.08. The van der Waals surface area contributed by atoms with Crippen molar-refractivity contribution in [3.63, 3.8) is 0 Å². The summed E-state index contributed by atoms with van der Waals surface area (Å²) in [6, 6.07) is 18.5. The van der Waals surface area contributed by atoms with Crippen LogP contribution in [0.3, 0.4) is 0 Å². The monoisotopic (exact) mass is 533 g/mol. The van der Waals surface area contributed by atoms with E-state index in [-0.39, 0.29) is 11.3 Å². The first-order valence-corrected chi connectivity index (χ1v) is 13.2. The first-order chi connectivity index (χ1) is 17.7. The minimum atomic E-state index is -0.250. The largest absolute Gasteiger partial charge is 0.356 e. The van der Waals surface area contributed by atoms with Gasteiger partial charge in [0.1, 0.15) is 11.6 Å². The lowest BCUT2D eigenvalue weighted by atomic mass is 9.92. The molecule has 3 heterocycles. The van der Waals surface area contributed by atoms with Gasteiger partial charge in [-0.25, -0.2) is 9.97 Å². The molecule has 0 aliphatic carbocycles. The number of aromatic nitrogens is 4. The highest BCUT2D eigenvalue weighted by molar-refractivity contribution is 7.99. The minimum Gasteiger partial charge on any atom is -0.356 e. The second-order valence-corrected chi connectivity index (χ2v) is 11.3. The average Bonchev–Trinajstić information content (AvgIpc) is 3.28. The second-order valence-electron chi connectivity index (χ2n) is 9.84. The van der Waals surface area contributed by atoms with Crippen LogP contribution in [0.5, 0.6) is 0 Å². The van der Waals surface area contributed by atoms with Gasteiger partial charge in [-0.2, -0.15) is 5.10 Å². The molecule has 37 heavy (non-hydrogen) atoms. The van der Waals surface area contributed by atoms with Crippen molar-refractivity contribution in [2.45, 2.75) is 42.7 Å². The number of H-pyrrole nitrogens is 1. The average molecular weight is 534 g/mol. The van der Waals surface area contributed by atoms with E-state index in [9.17, 15) is 4.79 Å². The summed E-state index contributed by atoms with van der Waals surface area (Å²) in [6.45, 7) is 8.38. The molecule has 2 aromatic heterocycles. The third-order valence-electron chi connectivity index (χ3n) is 5.95. The first-order valence-electron chi connectivity index (χ1n) is 12.1. The van der Waals surface area contributed by atoms with Crippen LogP contribution in [0.4, 0.5) is 23.1 Å². The third-order valence-corrected chi connectivity index (χ3v) is 7.16. The van der Waals surface area contributed by atoms with E-state index in [1.807, 2.05) is 36.4 Å². The minimum absolute atomic E-state index is 0.0264. The molecular formula is C27H28ClN7OS. The fraction of sp³-hybridized carbons (Fsp3) is 0.259. The zero-order chi connectivity index (χ0) is 26.0. The summed E-state index contributed by atoms with van der Waals surface area (Å²) in [6.07, 6.45) is 1.16. The number of carbonyl (C=O) groups excluding carboxylic acids is 1. The van der Waals surface area contributed by atoms with E-state index in [1.54, 1.807) is 24.3 Å². The Morgan fingerprint density at radius 2 is 1.78 bits per heavy atom. The standard InChI is InChI=1S/C27H28ClN7OS/c1-27(2,3)21-15-23(34-33-21)30-22-16-24(35-13-6-14-35)32-26(31-22)37-18-11-9-17(10-12-18)29-25(36)19-7-4-5-8-20(19)28/h4-5,7-12,15-16H,6,13-14H2,1-3H3,(H,29,36)(H2,30,31,32,33,34). The highest BCUT2D eigenvalue weighted by atomic mass is 35.5. The molecule has 1 aliphatic rings. The lowest BCUT2D eigenvalue weighted by molar-refractivity contribution is 0.102. The number of nitrogens with one attached hydrogen (secondary N) is 3. The van der Waals surface area contributed by atoms with Crippen LogP contribution in [0, 0.1) is 0 Å². The molecule has 1 saturated heterocycles. The van der Waals surface area contributed by atoms with E-state index in [4.69, 9.17) is 21.6 Å². The van der Waals surface area contributed by atoms with E-state index >= 15 is 0 Å². The van der Waals surface area contributed by atoms with Gasteiger partial charge in [0, 0.05) is 46.9 Å². The van der Waals surface area contributed by atoms with Crippen molar-refractivity contribution < 1.29 is 4.79 Å². The zero-order valence-corrected chi connectivity index (χ0v) is 22.5. The molecule has 0 saturated carbocycles. The molecule has 1 aliphatic heterocycles. The van der Waals surface area contributed by atoms with Gasteiger partial charge in [0.2, 0.25) is 0 Å². The number of nitrogens with zero attached hydrogens (tertiary/aromatic N) is 4. The fourth-order valence-corrected chi connectivity index (χ4v) is 4.67. The molecule has 1 amide bonds. The maximum absolute atomic E-state index is 12.6. The van der Waals surface area contributed by atoms with Crippen LogP contribution in [0.1, 0.15) is 43.2 Å². The molecule has 4 aromatic rings. The van der Waals surface area contributed by atoms with Gasteiger partial charge in [0.15, 0.2) is 11.0 Å². The normalized spacial score (nSPS) is 13.2. The van der Waals surface area contributed by atoms with Crippen molar-refractivity contribution >= 4 is 52.4 Å². The van der Waals surface area contributed by atoms with Crippen LogP contribution < -0.4 is 15.5 Å². The smallest absolute Gasteiger partial charge is 0.257 e. The maximum atomic E-state index is 12.6. The molecule has 3 N–H and O–H groups in total. The number of benzene rings is 2. The molecule has 0 atom stereocenters. The molecule has 0 unspecified atom stereocenters. The molecule has 0 spiro atoms. The second kappa shape index (κ2) is 10.4. The predicted octanol–water partition coefficient (Wildman–Crippen LogP) is 6.51. The summed E-state index contributed by atoms with van der Waals surface area (Å²) < 4.78 is 0. The summed E-state index contributed by atoms with van der Waals surface area (Å²) in [7, 11) is 0. The van der Waals surface area contributed by atoms with Gasteiger partial charge in [-0.05, 0) is 54.6 Å². The molecule has 190 valence electrons. The van der Waals surface area contributed by atoms with Crippen LogP contribution in [0.25, 0.3) is 0 Å². The van der Waals surface area contributed by atoms with Gasteiger partial charge >= 0.3 is 0 Å². The van der Waals surface area contributed by atoms with Gasteiger partial charge in [0.25, 0.3) is 5.91 Å². The predicted molar refractivity (Wildman–Crippen MR) is 149 cm³/mol. The summed E-state index contributed by atoms with van der Waals surface area (Å²) in [5.74, 6) is 2.05. The van der Waals surface area contributed by atoms with Crippen LogP contribution in [-0.4, -0.2) is 39.2 Å². The van der Waals surface area contributed by atoms with Crippen LogP contribution in [0.15, 0.2) is 70.7 Å². The summed E-state index contributed by atoms with van der Waals surface area (Å²) in [5, 5.41) is 14.8. The highest BCUT2D eigenvalue weighted by Gasteiger charge is 2.20. The molecule has 8 nitrogen and oxygen atoms in total. The number of hydrogen-bond acceptors (Lipinski definition) is 7. The van der Waals surface area contributed by atoms with Crippen molar-refractivity contribution in [1.82, 2.24) is 20.2 Å². The quantitative estimate of drug-likeness (QED) is 0.233. The Balaban J connectivity index is 1.31. The number of halogens is 1. The van der Waals surface area contributed by atoms with E-state index in [1.165, 1.54) is 11.8 Å². The number of rotatable bonds is 7. The first kappa shape index (κ1) is 25.1. The van der Waals surface area contributed by atoms with E-state index < -0.39 is 0 Å². The molecular weight excluding hydrogens is 506 g/mol. The molecule has 0 radical (unpaired) electrons. The lowest BCUT2D eigenvalue weighted by Crippen LogP contribution is -2.37. The van der Waals surface area contributed by atoms with Crippen LogP contribution in [-0.2, 0) is 5.41 Å². The van der Waals surface area contributed by atoms with Crippen molar-refractivity contribution in [1.29, 1.82) is 0 Å². The van der Waals surface area contributed by atoms with Crippen molar-refractivity contribution in [3.8, 4) is 0 Å². The maximum Gasteiger partial charge on any atom is 0.257 e. The Morgan fingerprint density at radius 3 is 2.43 bits per heavy atom. The number of aromatic amines is 1. The molecule has 5 rings (SSSR count). The SMILES string of the molecule is CC(C)(C)c1cc(Nc2cc(N3CCC3)nc(Sc3ccc(NC(=O)c4ccccc4Cl)cc3)n2)n[nH]1. The number of hydrogen-bond donors (Lipinski definition) is 3. The summed E-state index contributed by atoms with van der Waals surface area (Å²) in [5.41, 5.74) is 2.13. The number of carbonyl (C=O) groups is 1. The van der Waals surface area contributed by atoms with Crippen LogP contribution >= 0.6 is 23.4 Å². The Hall–Kier alpha value is -3.56. The lowest BCUT2D eigenvalue weighted by Gasteiger charge is -2.32. The van der Waals surface area contributed by atoms with Gasteiger partial charge in [-0.15, -0.1) is 0 Å². The van der Waals surface area contributed by atoms with Crippen molar-refractivity contribution in [2.75, 3.05) is 28.6 Å². The highest BCUT2D eigenvalue weighted by Crippen LogP contribution is 2.31. The molecule has 1 fully saturated rings. The summed E-state index contributed by atoms with van der Waals surface area (Å²) >= 11 is 7.61. The molecule has 2 aromatic carbocycles. The van der Waals surface area contributed by atoms with Crippen LogP contribution in [0.2, 0.25) is 5.02 Å². The fourth-order valence-electron chi connectivity index (χ4n) is 3.69. The van der Waals surface area contributed by atoms with Gasteiger partial charge < -0.3 is 15.5 Å². The van der Waals surface area contributed by atoms with E-state index in [0.717, 1.165) is 35.9 Å². The molecule has 10 heteroatoms. The third kappa shape index (κ3) is 6.06. The van der Waals surface area contributed by atoms with Crippen molar-refractivity contribution in [2.24, 2.45) is 0 Å². The summed E-state index contributed by atoms with van der Waals surface area (Å²) in [4.78, 5) is 25.3. The van der Waals surface area contributed by atoms with Gasteiger partial charge in [-0.1, -0.05) is 44.5 Å².